The normalized spacial score (nSPS) is 12.6. The van der Waals surface area contributed by atoms with Crippen LogP contribution in [-0.4, -0.2) is 29.8 Å². The highest BCUT2D eigenvalue weighted by Crippen LogP contribution is 2.27. The number of rotatable bonds is 5. The van der Waals surface area contributed by atoms with Crippen LogP contribution in [0.4, 0.5) is 10.1 Å². The Balaban J connectivity index is 3.07. The maximum Gasteiger partial charge on any atom is 0.123 e. The summed E-state index contributed by atoms with van der Waals surface area (Å²) in [5.41, 5.74) is 1.40. The summed E-state index contributed by atoms with van der Waals surface area (Å²) in [4.78, 5) is 1.99. The molecule has 1 aromatic carbocycles. The smallest absolute Gasteiger partial charge is 0.123 e. The Labute approximate surface area is 121 Å². The molecule has 0 aliphatic heterocycles. The zero-order chi connectivity index (χ0) is 15.6. The van der Waals surface area contributed by atoms with Crippen LogP contribution in [0.1, 0.15) is 40.2 Å². The van der Waals surface area contributed by atoms with Gasteiger partial charge < -0.3 is 15.3 Å². The summed E-state index contributed by atoms with van der Waals surface area (Å²) in [6, 6.07) is 4.78. The Morgan fingerprint density at radius 3 is 2.30 bits per heavy atom. The highest BCUT2D eigenvalue weighted by atomic mass is 19.1. The van der Waals surface area contributed by atoms with E-state index in [1.54, 1.807) is 12.1 Å². The van der Waals surface area contributed by atoms with Crippen LogP contribution in [0, 0.1) is 5.82 Å². The van der Waals surface area contributed by atoms with E-state index in [0.717, 1.165) is 11.3 Å². The van der Waals surface area contributed by atoms with Crippen LogP contribution in [0.2, 0.25) is 0 Å². The molecular formula is C16H27FN2O. The van der Waals surface area contributed by atoms with Crippen molar-refractivity contribution in [2.45, 2.75) is 52.2 Å². The number of hydrogen-bond acceptors (Lipinski definition) is 3. The van der Waals surface area contributed by atoms with Gasteiger partial charge in [-0.2, -0.15) is 0 Å². The summed E-state index contributed by atoms with van der Waals surface area (Å²) in [6.07, 6.45) is 0. The van der Waals surface area contributed by atoms with Gasteiger partial charge in [-0.3, -0.25) is 0 Å². The molecule has 0 saturated carbocycles. The molecule has 20 heavy (non-hydrogen) atoms. The highest BCUT2D eigenvalue weighted by molar-refractivity contribution is 5.55. The number of halogens is 1. The fourth-order valence-electron chi connectivity index (χ4n) is 1.82. The van der Waals surface area contributed by atoms with Crippen molar-refractivity contribution in [3.8, 4) is 0 Å². The van der Waals surface area contributed by atoms with E-state index in [9.17, 15) is 9.50 Å². The average molecular weight is 282 g/mol. The maximum atomic E-state index is 13.5. The van der Waals surface area contributed by atoms with Crippen molar-refractivity contribution >= 4 is 5.69 Å². The third kappa shape index (κ3) is 4.46. The lowest BCUT2D eigenvalue weighted by Crippen LogP contribution is -2.45. The lowest BCUT2D eigenvalue weighted by molar-refractivity contribution is 0.216. The van der Waals surface area contributed by atoms with E-state index in [1.165, 1.54) is 6.07 Å². The van der Waals surface area contributed by atoms with Gasteiger partial charge in [-0.15, -0.1) is 0 Å². The summed E-state index contributed by atoms with van der Waals surface area (Å²) in [6.45, 7) is 10.8. The minimum absolute atomic E-state index is 0.0331. The molecule has 0 amide bonds. The van der Waals surface area contributed by atoms with Gasteiger partial charge >= 0.3 is 0 Å². The zero-order valence-electron chi connectivity index (χ0n) is 13.4. The van der Waals surface area contributed by atoms with Gasteiger partial charge in [0.25, 0.3) is 0 Å². The molecule has 0 aliphatic rings. The second kappa shape index (κ2) is 6.10. The maximum absolute atomic E-state index is 13.5. The van der Waals surface area contributed by atoms with Crippen molar-refractivity contribution < 1.29 is 9.50 Å². The Morgan fingerprint density at radius 2 is 1.80 bits per heavy atom. The number of hydrogen-bond donors (Lipinski definition) is 2. The van der Waals surface area contributed by atoms with Gasteiger partial charge in [0.15, 0.2) is 0 Å². The van der Waals surface area contributed by atoms with Crippen LogP contribution in [0.25, 0.3) is 0 Å². The molecule has 0 fully saturated rings. The van der Waals surface area contributed by atoms with Crippen LogP contribution >= 0.6 is 0 Å². The van der Waals surface area contributed by atoms with E-state index in [2.05, 4.69) is 26.1 Å². The Hall–Kier alpha value is -1.13. The second-order valence-electron chi connectivity index (χ2n) is 6.91. The summed E-state index contributed by atoms with van der Waals surface area (Å²) in [5.74, 6) is -0.241. The molecule has 1 rings (SSSR count). The van der Waals surface area contributed by atoms with Crippen molar-refractivity contribution in [3.63, 3.8) is 0 Å². The quantitative estimate of drug-likeness (QED) is 0.871. The summed E-state index contributed by atoms with van der Waals surface area (Å²) >= 11 is 0. The molecule has 1 aromatic rings. The number of benzene rings is 1. The molecular weight excluding hydrogens is 255 g/mol. The number of anilines is 1. The van der Waals surface area contributed by atoms with Gasteiger partial charge in [-0.05, 0) is 58.4 Å². The minimum Gasteiger partial charge on any atom is -0.394 e. The molecule has 0 heterocycles. The van der Waals surface area contributed by atoms with Crippen LogP contribution in [0.5, 0.6) is 0 Å². The summed E-state index contributed by atoms with van der Waals surface area (Å²) < 4.78 is 13.5. The first kappa shape index (κ1) is 16.9. The van der Waals surface area contributed by atoms with E-state index in [0.29, 0.717) is 6.54 Å². The largest absolute Gasteiger partial charge is 0.394 e. The first-order chi connectivity index (χ1) is 9.07. The Kier molecular flexibility index (Phi) is 5.16. The molecule has 0 atom stereocenters. The molecule has 114 valence electrons. The molecule has 0 unspecified atom stereocenters. The molecule has 0 bridgehead atoms. The highest BCUT2D eigenvalue weighted by Gasteiger charge is 2.25. The van der Waals surface area contributed by atoms with Crippen molar-refractivity contribution in [1.29, 1.82) is 0 Å². The first-order valence-corrected chi connectivity index (χ1v) is 6.95. The minimum atomic E-state index is -0.395. The van der Waals surface area contributed by atoms with Crippen molar-refractivity contribution in [2.75, 3.05) is 18.6 Å². The van der Waals surface area contributed by atoms with E-state index < -0.39 is 5.54 Å². The topological polar surface area (TPSA) is 35.5 Å². The van der Waals surface area contributed by atoms with Gasteiger partial charge in [0.2, 0.25) is 0 Å². The summed E-state index contributed by atoms with van der Waals surface area (Å²) in [5, 5.41) is 12.9. The van der Waals surface area contributed by atoms with Crippen LogP contribution in [-0.2, 0) is 6.54 Å². The first-order valence-electron chi connectivity index (χ1n) is 6.95. The lowest BCUT2D eigenvalue weighted by atomic mass is 10.0. The van der Waals surface area contributed by atoms with E-state index in [1.807, 2.05) is 25.8 Å². The molecule has 0 spiro atoms. The number of nitrogens with one attached hydrogen (secondary N) is 1. The van der Waals surface area contributed by atoms with Crippen molar-refractivity contribution in [1.82, 2.24) is 5.32 Å². The predicted molar refractivity (Wildman–Crippen MR) is 82.6 cm³/mol. The third-order valence-electron chi connectivity index (χ3n) is 3.51. The van der Waals surface area contributed by atoms with E-state index >= 15 is 0 Å². The average Bonchev–Trinajstić information content (AvgIpc) is 2.35. The number of aliphatic hydroxyl groups is 1. The van der Waals surface area contributed by atoms with Crippen molar-refractivity contribution in [2.24, 2.45) is 0 Å². The van der Waals surface area contributed by atoms with Crippen molar-refractivity contribution in [3.05, 3.63) is 29.6 Å². The predicted octanol–water partition coefficient (Wildman–Crippen LogP) is 2.92. The fourth-order valence-corrected chi connectivity index (χ4v) is 1.82. The Bertz CT molecular complexity index is 452. The monoisotopic (exact) mass is 282 g/mol. The Morgan fingerprint density at radius 1 is 1.20 bits per heavy atom. The lowest BCUT2D eigenvalue weighted by Gasteiger charge is -2.37. The standard InChI is InChI=1S/C16H27FN2O/c1-15(2,3)18-10-12-9-13(17)7-8-14(12)19(6)16(4,5)11-20/h7-9,18,20H,10-11H2,1-6H3. The van der Waals surface area contributed by atoms with Gasteiger partial charge in [-0.1, -0.05) is 0 Å². The van der Waals surface area contributed by atoms with Gasteiger partial charge in [0.05, 0.1) is 12.1 Å². The zero-order valence-corrected chi connectivity index (χ0v) is 13.4. The van der Waals surface area contributed by atoms with Crippen LogP contribution < -0.4 is 10.2 Å². The molecule has 0 radical (unpaired) electrons. The molecule has 2 N–H and O–H groups in total. The number of likely N-dealkylation sites (N-methyl/N-ethyl adjacent to an activating group) is 1. The molecule has 0 saturated heterocycles. The number of nitrogens with zero attached hydrogens (tertiary/aromatic N) is 1. The van der Waals surface area contributed by atoms with E-state index in [4.69, 9.17) is 0 Å². The molecule has 0 aliphatic carbocycles. The van der Waals surface area contributed by atoms with Crippen LogP contribution in [0.15, 0.2) is 18.2 Å². The fraction of sp³-hybridized carbons (Fsp3) is 0.625. The summed E-state index contributed by atoms with van der Waals surface area (Å²) in [7, 11) is 1.92. The number of aliphatic hydroxyl groups excluding tert-OH is 1. The second-order valence-corrected chi connectivity index (χ2v) is 6.91. The molecule has 0 aromatic heterocycles. The van der Waals surface area contributed by atoms with Gasteiger partial charge in [-0.25, -0.2) is 4.39 Å². The molecule has 4 heteroatoms. The molecule has 3 nitrogen and oxygen atoms in total. The van der Waals surface area contributed by atoms with Gasteiger partial charge in [0, 0.05) is 24.8 Å². The van der Waals surface area contributed by atoms with E-state index in [-0.39, 0.29) is 18.0 Å². The van der Waals surface area contributed by atoms with Crippen LogP contribution in [0.3, 0.4) is 0 Å². The SMILES string of the molecule is CN(c1ccc(F)cc1CNC(C)(C)C)C(C)(C)CO. The van der Waals surface area contributed by atoms with Gasteiger partial charge in [0.1, 0.15) is 5.82 Å². The third-order valence-corrected chi connectivity index (χ3v) is 3.51.